The van der Waals surface area contributed by atoms with E-state index in [1.165, 1.54) is 0 Å². The first-order chi connectivity index (χ1) is 4.75. The van der Waals surface area contributed by atoms with Crippen LogP contribution in [0.1, 0.15) is 6.92 Å². The van der Waals surface area contributed by atoms with Crippen LogP contribution in [0.25, 0.3) is 0 Å². The fourth-order valence-corrected chi connectivity index (χ4v) is 0.810. The zero-order chi connectivity index (χ0) is 7.56. The molecule has 0 bridgehead atoms. The molecule has 1 aromatic rings. The van der Waals surface area contributed by atoms with Gasteiger partial charge in [-0.25, -0.2) is 4.68 Å². The van der Waals surface area contributed by atoms with Crippen molar-refractivity contribution in [1.82, 2.24) is 4.68 Å². The van der Waals surface area contributed by atoms with E-state index in [2.05, 4.69) is 5.43 Å². The van der Waals surface area contributed by atoms with Gasteiger partial charge in [0.25, 0.3) is 0 Å². The highest BCUT2D eigenvalue weighted by Crippen LogP contribution is 2.09. The molecule has 1 rings (SSSR count). The van der Waals surface area contributed by atoms with Gasteiger partial charge < -0.3 is 16.9 Å². The molecule has 4 nitrogen and oxygen atoms in total. The van der Waals surface area contributed by atoms with Crippen molar-refractivity contribution in [3.63, 3.8) is 0 Å². The van der Waals surface area contributed by atoms with Crippen molar-refractivity contribution < 1.29 is 0 Å². The fraction of sp³-hybridized carbons (Fsp3) is 0.333. The molecular weight excluding hydrogens is 128 g/mol. The minimum Gasteiger partial charge on any atom is -0.384 e. The van der Waals surface area contributed by atoms with E-state index in [1.807, 2.05) is 6.92 Å². The molecule has 10 heavy (non-hydrogen) atoms. The summed E-state index contributed by atoms with van der Waals surface area (Å²) in [7, 11) is 0. The van der Waals surface area contributed by atoms with Crippen molar-refractivity contribution in [3.05, 3.63) is 12.1 Å². The monoisotopic (exact) mass is 140 g/mol. The third-order valence-corrected chi connectivity index (χ3v) is 1.26. The maximum absolute atomic E-state index is 5.55. The van der Waals surface area contributed by atoms with E-state index in [0.717, 1.165) is 6.54 Å². The summed E-state index contributed by atoms with van der Waals surface area (Å²) in [5.74, 6) is 1.28. The molecule has 0 aromatic carbocycles. The van der Waals surface area contributed by atoms with E-state index >= 15 is 0 Å². The number of rotatable bonds is 2. The molecule has 1 aromatic heterocycles. The Morgan fingerprint density at radius 1 is 1.40 bits per heavy atom. The summed E-state index contributed by atoms with van der Waals surface area (Å²) >= 11 is 0. The van der Waals surface area contributed by atoms with Crippen LogP contribution in [0.2, 0.25) is 0 Å². The Morgan fingerprint density at radius 2 is 1.90 bits per heavy atom. The highest BCUT2D eigenvalue weighted by molar-refractivity contribution is 5.46. The van der Waals surface area contributed by atoms with Gasteiger partial charge in [0.05, 0.1) is 0 Å². The zero-order valence-corrected chi connectivity index (χ0v) is 5.96. The summed E-state index contributed by atoms with van der Waals surface area (Å²) in [6.45, 7) is 2.79. The highest BCUT2D eigenvalue weighted by Gasteiger charge is 1.97. The molecule has 56 valence electrons. The molecular formula is C6H12N4. The van der Waals surface area contributed by atoms with Crippen LogP contribution in [0, 0.1) is 0 Å². The lowest BCUT2D eigenvalue weighted by molar-refractivity contribution is 0.892. The van der Waals surface area contributed by atoms with Crippen LogP contribution in [-0.4, -0.2) is 11.2 Å². The number of nitrogen functional groups attached to an aromatic ring is 2. The lowest BCUT2D eigenvalue weighted by Gasteiger charge is -2.08. The van der Waals surface area contributed by atoms with Crippen molar-refractivity contribution in [2.75, 3.05) is 23.4 Å². The van der Waals surface area contributed by atoms with Gasteiger partial charge in [-0.05, 0) is 19.1 Å². The quantitative estimate of drug-likeness (QED) is 0.550. The summed E-state index contributed by atoms with van der Waals surface area (Å²) in [6.07, 6.45) is 0. The average Bonchev–Trinajstić information content (AvgIpc) is 2.20. The van der Waals surface area contributed by atoms with E-state index in [1.54, 1.807) is 16.8 Å². The second kappa shape index (κ2) is 2.51. The van der Waals surface area contributed by atoms with Crippen LogP contribution in [0.15, 0.2) is 12.1 Å². The second-order valence-electron chi connectivity index (χ2n) is 2.03. The van der Waals surface area contributed by atoms with Gasteiger partial charge in [-0.15, -0.1) is 0 Å². The molecule has 0 aliphatic rings. The van der Waals surface area contributed by atoms with Gasteiger partial charge in [-0.3, -0.25) is 0 Å². The van der Waals surface area contributed by atoms with Gasteiger partial charge in [0.2, 0.25) is 0 Å². The molecule has 0 atom stereocenters. The predicted molar refractivity (Wildman–Crippen MR) is 43.2 cm³/mol. The minimum absolute atomic E-state index is 0.638. The van der Waals surface area contributed by atoms with Crippen LogP contribution < -0.4 is 16.9 Å². The molecule has 0 amide bonds. The van der Waals surface area contributed by atoms with Crippen molar-refractivity contribution in [2.45, 2.75) is 6.92 Å². The van der Waals surface area contributed by atoms with Crippen LogP contribution in [0.5, 0.6) is 0 Å². The Hall–Kier alpha value is -1.32. The van der Waals surface area contributed by atoms with E-state index in [9.17, 15) is 0 Å². The van der Waals surface area contributed by atoms with Crippen molar-refractivity contribution in [1.29, 1.82) is 0 Å². The van der Waals surface area contributed by atoms with Gasteiger partial charge in [0.15, 0.2) is 0 Å². The Labute approximate surface area is 59.8 Å². The summed E-state index contributed by atoms with van der Waals surface area (Å²) in [5, 5.41) is 0. The Kier molecular flexibility index (Phi) is 1.71. The van der Waals surface area contributed by atoms with Gasteiger partial charge >= 0.3 is 0 Å². The number of nitrogens with one attached hydrogen (secondary N) is 1. The van der Waals surface area contributed by atoms with E-state index < -0.39 is 0 Å². The third kappa shape index (κ3) is 1.00. The molecule has 0 saturated carbocycles. The molecule has 0 spiro atoms. The number of aromatic nitrogens is 1. The second-order valence-corrected chi connectivity index (χ2v) is 2.03. The van der Waals surface area contributed by atoms with Crippen molar-refractivity contribution >= 4 is 11.6 Å². The summed E-state index contributed by atoms with van der Waals surface area (Å²) < 4.78 is 1.65. The first-order valence-electron chi connectivity index (χ1n) is 3.22. The average molecular weight is 140 g/mol. The largest absolute Gasteiger partial charge is 0.384 e. The smallest absolute Gasteiger partial charge is 0.124 e. The minimum atomic E-state index is 0.638. The molecule has 4 heteroatoms. The van der Waals surface area contributed by atoms with E-state index in [-0.39, 0.29) is 0 Å². The lowest BCUT2D eigenvalue weighted by Crippen LogP contribution is -2.17. The first kappa shape index (κ1) is 6.80. The standard InChI is InChI=1S/C6H12N4/c1-2-9-10-5(7)3-4-6(10)8/h3-4,9H,2,7-8H2,1H3. The van der Waals surface area contributed by atoms with Crippen LogP contribution in [-0.2, 0) is 0 Å². The molecule has 0 radical (unpaired) electrons. The molecule has 0 unspecified atom stereocenters. The SMILES string of the molecule is CCNn1c(N)ccc1N. The van der Waals surface area contributed by atoms with Gasteiger partial charge in [0.1, 0.15) is 11.6 Å². The maximum Gasteiger partial charge on any atom is 0.124 e. The first-order valence-corrected chi connectivity index (χ1v) is 3.22. The number of nitrogens with zero attached hydrogens (tertiary/aromatic N) is 1. The molecule has 0 aliphatic heterocycles. The summed E-state index contributed by atoms with van der Waals surface area (Å²) in [4.78, 5) is 0. The Morgan fingerprint density at radius 3 is 2.30 bits per heavy atom. The Balaban J connectivity index is 2.87. The van der Waals surface area contributed by atoms with Crippen LogP contribution in [0.4, 0.5) is 11.6 Å². The Bertz CT molecular complexity index is 196. The molecule has 5 N–H and O–H groups in total. The van der Waals surface area contributed by atoms with Gasteiger partial charge in [0, 0.05) is 6.54 Å². The van der Waals surface area contributed by atoms with E-state index in [0.29, 0.717) is 11.6 Å². The molecule has 0 fully saturated rings. The van der Waals surface area contributed by atoms with Crippen molar-refractivity contribution in [2.24, 2.45) is 0 Å². The lowest BCUT2D eigenvalue weighted by atomic mass is 10.6. The van der Waals surface area contributed by atoms with Gasteiger partial charge in [-0.2, -0.15) is 0 Å². The normalized spacial score (nSPS) is 9.70. The zero-order valence-electron chi connectivity index (χ0n) is 5.96. The summed E-state index contributed by atoms with van der Waals surface area (Å²) in [5.41, 5.74) is 14.1. The van der Waals surface area contributed by atoms with Crippen LogP contribution in [0.3, 0.4) is 0 Å². The summed E-state index contributed by atoms with van der Waals surface area (Å²) in [6, 6.07) is 3.52. The predicted octanol–water partition coefficient (Wildman–Crippen LogP) is 0.216. The van der Waals surface area contributed by atoms with Gasteiger partial charge in [-0.1, -0.05) is 0 Å². The molecule has 0 saturated heterocycles. The number of hydrogen-bond acceptors (Lipinski definition) is 3. The molecule has 1 heterocycles. The number of nitrogens with two attached hydrogens (primary N) is 2. The maximum atomic E-state index is 5.55. The van der Waals surface area contributed by atoms with Crippen LogP contribution >= 0.6 is 0 Å². The van der Waals surface area contributed by atoms with E-state index in [4.69, 9.17) is 11.5 Å². The highest BCUT2D eigenvalue weighted by atomic mass is 15.4. The topological polar surface area (TPSA) is 69.0 Å². The number of hydrogen-bond donors (Lipinski definition) is 3. The third-order valence-electron chi connectivity index (χ3n) is 1.26. The number of anilines is 2. The van der Waals surface area contributed by atoms with Crippen molar-refractivity contribution in [3.8, 4) is 0 Å². The fourth-order valence-electron chi connectivity index (χ4n) is 0.810. The molecule has 0 aliphatic carbocycles.